The molecule has 1 aromatic heterocycles. The van der Waals surface area contributed by atoms with Crippen molar-refractivity contribution in [3.05, 3.63) is 30.1 Å². The molecule has 0 unspecified atom stereocenters. The zero-order chi connectivity index (χ0) is 12.7. The molecule has 0 aliphatic heterocycles. The zero-order valence-electron chi connectivity index (χ0n) is 11.0. The van der Waals surface area contributed by atoms with E-state index in [0.717, 1.165) is 6.42 Å². The topological polar surface area (TPSA) is 33.2 Å². The summed E-state index contributed by atoms with van der Waals surface area (Å²) in [4.78, 5) is 18.8. The van der Waals surface area contributed by atoms with Gasteiger partial charge in [0.1, 0.15) is 0 Å². The molecule has 1 aromatic rings. The molecule has 2 aliphatic carbocycles. The van der Waals surface area contributed by atoms with Crippen LogP contribution in [-0.2, 0) is 4.79 Å². The van der Waals surface area contributed by atoms with E-state index in [2.05, 4.69) is 29.8 Å². The van der Waals surface area contributed by atoms with Crippen LogP contribution >= 0.6 is 0 Å². The van der Waals surface area contributed by atoms with E-state index in [1.165, 1.54) is 18.4 Å². The van der Waals surface area contributed by atoms with Crippen molar-refractivity contribution in [2.45, 2.75) is 51.1 Å². The molecule has 0 bridgehead atoms. The molecule has 0 spiro atoms. The number of hydrogen-bond donors (Lipinski definition) is 0. The maximum absolute atomic E-state index is 12.5. The highest BCUT2D eigenvalue weighted by Crippen LogP contribution is 2.49. The van der Waals surface area contributed by atoms with Gasteiger partial charge in [-0.15, -0.1) is 0 Å². The van der Waals surface area contributed by atoms with Gasteiger partial charge in [-0.25, -0.2) is 0 Å². The van der Waals surface area contributed by atoms with Gasteiger partial charge < -0.3 is 4.90 Å². The Morgan fingerprint density at radius 2 is 2.22 bits per heavy atom. The third-order valence-corrected chi connectivity index (χ3v) is 3.97. The summed E-state index contributed by atoms with van der Waals surface area (Å²) >= 11 is 0. The Hall–Kier alpha value is -1.38. The zero-order valence-corrected chi connectivity index (χ0v) is 11.0. The van der Waals surface area contributed by atoms with Crippen molar-refractivity contribution in [1.82, 2.24) is 9.88 Å². The number of rotatable bonds is 4. The lowest BCUT2D eigenvalue weighted by molar-refractivity contribution is -0.135. The molecule has 0 N–H and O–H groups in total. The van der Waals surface area contributed by atoms with Gasteiger partial charge in [-0.05, 0) is 50.7 Å². The summed E-state index contributed by atoms with van der Waals surface area (Å²) in [7, 11) is 0. The van der Waals surface area contributed by atoms with Crippen LogP contribution in [0.1, 0.15) is 44.6 Å². The Morgan fingerprint density at radius 1 is 1.44 bits per heavy atom. The van der Waals surface area contributed by atoms with Gasteiger partial charge in [-0.1, -0.05) is 6.07 Å². The first-order valence-electron chi connectivity index (χ1n) is 6.90. The molecule has 0 aromatic carbocycles. The fourth-order valence-electron chi connectivity index (χ4n) is 2.83. The number of pyridine rings is 1. The van der Waals surface area contributed by atoms with Gasteiger partial charge in [0.15, 0.2) is 0 Å². The average molecular weight is 244 g/mol. The first kappa shape index (κ1) is 11.7. The largest absolute Gasteiger partial charge is 0.337 e. The predicted octanol–water partition coefficient (Wildman–Crippen LogP) is 2.58. The summed E-state index contributed by atoms with van der Waals surface area (Å²) in [6.07, 6.45) is 7.06. The van der Waals surface area contributed by atoms with Crippen molar-refractivity contribution in [3.8, 4) is 0 Å². The summed E-state index contributed by atoms with van der Waals surface area (Å²) in [5.41, 5.74) is 1.22. The quantitative estimate of drug-likeness (QED) is 0.815. The van der Waals surface area contributed by atoms with Crippen LogP contribution in [-0.4, -0.2) is 27.9 Å². The van der Waals surface area contributed by atoms with E-state index in [9.17, 15) is 4.79 Å². The number of carbonyl (C=O) groups excluding carboxylic acids is 1. The molecule has 96 valence electrons. The summed E-state index contributed by atoms with van der Waals surface area (Å²) in [5.74, 6) is 0.977. The number of amides is 1. The lowest BCUT2D eigenvalue weighted by Crippen LogP contribution is -2.40. The maximum Gasteiger partial charge on any atom is 0.226 e. The lowest BCUT2D eigenvalue weighted by atomic mass is 10.1. The molecule has 3 heteroatoms. The monoisotopic (exact) mass is 244 g/mol. The number of aromatic nitrogens is 1. The second-order valence-electron chi connectivity index (χ2n) is 5.81. The molecule has 0 saturated heterocycles. The third-order valence-electron chi connectivity index (χ3n) is 3.97. The molecule has 2 fully saturated rings. The van der Waals surface area contributed by atoms with E-state index < -0.39 is 0 Å². The van der Waals surface area contributed by atoms with Gasteiger partial charge in [0, 0.05) is 30.4 Å². The Labute approximate surface area is 108 Å². The Morgan fingerprint density at radius 3 is 2.78 bits per heavy atom. The van der Waals surface area contributed by atoms with Crippen molar-refractivity contribution in [1.29, 1.82) is 0 Å². The Kier molecular flexibility index (Phi) is 2.84. The summed E-state index contributed by atoms with van der Waals surface area (Å²) in [6.45, 7) is 4.25. The Balaban J connectivity index is 1.68. The van der Waals surface area contributed by atoms with E-state index in [-0.39, 0.29) is 5.92 Å². The van der Waals surface area contributed by atoms with Crippen LogP contribution in [0.3, 0.4) is 0 Å². The molecule has 2 saturated carbocycles. The number of carbonyl (C=O) groups is 1. The van der Waals surface area contributed by atoms with Crippen molar-refractivity contribution in [2.75, 3.05) is 0 Å². The highest BCUT2D eigenvalue weighted by atomic mass is 16.2. The van der Waals surface area contributed by atoms with Gasteiger partial charge in [-0.3, -0.25) is 9.78 Å². The van der Waals surface area contributed by atoms with Crippen LogP contribution in [0.5, 0.6) is 0 Å². The van der Waals surface area contributed by atoms with Gasteiger partial charge >= 0.3 is 0 Å². The van der Waals surface area contributed by atoms with E-state index >= 15 is 0 Å². The fraction of sp³-hybridized carbons (Fsp3) is 0.600. The van der Waals surface area contributed by atoms with Crippen LogP contribution in [0.15, 0.2) is 24.5 Å². The lowest BCUT2D eigenvalue weighted by Gasteiger charge is -2.27. The molecule has 1 amide bonds. The molecule has 0 radical (unpaired) electrons. The summed E-state index contributed by atoms with van der Waals surface area (Å²) in [5, 5.41) is 0. The Bertz CT molecular complexity index is 437. The molecular formula is C15H20N2O. The third kappa shape index (κ3) is 2.14. The highest BCUT2D eigenvalue weighted by molar-refractivity contribution is 5.83. The van der Waals surface area contributed by atoms with Crippen LogP contribution in [0, 0.1) is 5.92 Å². The number of nitrogens with zero attached hydrogens (tertiary/aromatic N) is 2. The molecule has 3 nitrogen and oxygen atoms in total. The molecule has 3 rings (SSSR count). The molecule has 1 heterocycles. The van der Waals surface area contributed by atoms with Crippen LogP contribution in [0.2, 0.25) is 0 Å². The van der Waals surface area contributed by atoms with Gasteiger partial charge in [0.05, 0.1) is 0 Å². The minimum absolute atomic E-state index is 0.206. The molecule has 2 aliphatic rings. The van der Waals surface area contributed by atoms with Crippen LogP contribution < -0.4 is 0 Å². The van der Waals surface area contributed by atoms with Crippen molar-refractivity contribution >= 4 is 5.91 Å². The second kappa shape index (κ2) is 4.38. The van der Waals surface area contributed by atoms with Crippen LogP contribution in [0.4, 0.5) is 0 Å². The van der Waals surface area contributed by atoms with E-state index in [0.29, 0.717) is 23.9 Å². The first-order valence-corrected chi connectivity index (χ1v) is 6.90. The van der Waals surface area contributed by atoms with Crippen molar-refractivity contribution in [3.63, 3.8) is 0 Å². The number of hydrogen-bond acceptors (Lipinski definition) is 2. The summed E-state index contributed by atoms with van der Waals surface area (Å²) < 4.78 is 0. The first-order chi connectivity index (χ1) is 8.68. The predicted molar refractivity (Wildman–Crippen MR) is 70.1 cm³/mol. The van der Waals surface area contributed by atoms with E-state index in [1.54, 1.807) is 6.20 Å². The minimum atomic E-state index is 0.206. The normalized spacial score (nSPS) is 26.2. The second-order valence-corrected chi connectivity index (χ2v) is 5.81. The van der Waals surface area contributed by atoms with Crippen LogP contribution in [0.25, 0.3) is 0 Å². The van der Waals surface area contributed by atoms with Gasteiger partial charge in [0.2, 0.25) is 5.91 Å². The standard InChI is InChI=1S/C15H20N2O/c1-10(2)17(12-5-6-12)15(18)14-8-13(14)11-4-3-7-16-9-11/h3-4,7,9-10,12-14H,5-6,8H2,1-2H3/t13-,14+/m0/s1. The van der Waals surface area contributed by atoms with Gasteiger partial charge in [-0.2, -0.15) is 0 Å². The van der Waals surface area contributed by atoms with Gasteiger partial charge in [0.25, 0.3) is 0 Å². The van der Waals surface area contributed by atoms with Crippen molar-refractivity contribution < 1.29 is 4.79 Å². The SMILES string of the molecule is CC(C)N(C(=O)[C@@H]1C[C@H]1c1cccnc1)C1CC1. The van der Waals surface area contributed by atoms with E-state index in [4.69, 9.17) is 0 Å². The maximum atomic E-state index is 12.5. The van der Waals surface area contributed by atoms with Crippen molar-refractivity contribution in [2.24, 2.45) is 5.92 Å². The molecule has 2 atom stereocenters. The highest BCUT2D eigenvalue weighted by Gasteiger charge is 2.48. The minimum Gasteiger partial charge on any atom is -0.337 e. The summed E-state index contributed by atoms with van der Waals surface area (Å²) in [6, 6.07) is 4.89. The molecule has 18 heavy (non-hydrogen) atoms. The fourth-order valence-corrected chi connectivity index (χ4v) is 2.83. The van der Waals surface area contributed by atoms with E-state index in [1.807, 2.05) is 12.3 Å². The smallest absolute Gasteiger partial charge is 0.226 e. The average Bonchev–Trinajstić information content (AvgIpc) is 3.24. The molecular weight excluding hydrogens is 224 g/mol.